The molecule has 0 fully saturated rings. The number of rotatable bonds is 4. The van der Waals surface area contributed by atoms with Gasteiger partial charge in [0.15, 0.2) is 0 Å². The molecule has 1 nitrogen and oxygen atoms in total. The van der Waals surface area contributed by atoms with Crippen LogP contribution < -0.4 is 5.32 Å². The summed E-state index contributed by atoms with van der Waals surface area (Å²) in [6, 6.07) is 17.3. The monoisotopic (exact) mass is 237 g/mol. The van der Waals surface area contributed by atoms with Crippen LogP contribution in [0.3, 0.4) is 0 Å². The maximum absolute atomic E-state index is 3.24. The molecule has 2 rings (SSSR count). The van der Waals surface area contributed by atoms with Gasteiger partial charge >= 0.3 is 0 Å². The summed E-state index contributed by atoms with van der Waals surface area (Å²) in [5.41, 5.74) is 5.13. The Morgan fingerprint density at radius 1 is 0.889 bits per heavy atom. The van der Waals surface area contributed by atoms with Crippen molar-refractivity contribution in [1.29, 1.82) is 0 Å². The Morgan fingerprint density at radius 3 is 2.00 bits per heavy atom. The van der Waals surface area contributed by atoms with E-state index in [0.717, 1.165) is 6.54 Å². The minimum atomic E-state index is 0.874. The second-order valence-corrected chi connectivity index (χ2v) is 4.44. The molecule has 2 aromatic rings. The number of aryl methyl sites for hydroxylation is 1. The van der Waals surface area contributed by atoms with E-state index in [2.05, 4.69) is 60.8 Å². The van der Waals surface area contributed by atoms with Gasteiger partial charge in [-0.15, -0.1) is 0 Å². The molecular weight excluding hydrogens is 218 g/mol. The van der Waals surface area contributed by atoms with E-state index in [9.17, 15) is 0 Å². The van der Waals surface area contributed by atoms with E-state index in [4.69, 9.17) is 0 Å². The number of benzene rings is 2. The third-order valence-corrected chi connectivity index (χ3v) is 2.93. The highest BCUT2D eigenvalue weighted by Crippen LogP contribution is 2.20. The van der Waals surface area contributed by atoms with Crippen molar-refractivity contribution in [2.45, 2.75) is 20.4 Å². The molecule has 0 heterocycles. The van der Waals surface area contributed by atoms with E-state index < -0.39 is 0 Å². The summed E-state index contributed by atoms with van der Waals surface area (Å²) in [6.45, 7) is 4.99. The zero-order valence-corrected chi connectivity index (χ0v) is 11.0. The van der Waals surface area contributed by atoms with E-state index in [-0.39, 0.29) is 0 Å². The highest BCUT2D eigenvalue weighted by Gasteiger charge is 1.97. The third kappa shape index (κ3) is 3.24. The van der Waals surface area contributed by atoms with Gasteiger partial charge in [0, 0.05) is 6.54 Å². The summed E-state index contributed by atoms with van der Waals surface area (Å²) in [6.07, 6.45) is 3.97. The first-order valence-corrected chi connectivity index (χ1v) is 6.30. The molecule has 0 radical (unpaired) electrons. The Kier molecular flexibility index (Phi) is 4.19. The lowest BCUT2D eigenvalue weighted by Crippen LogP contribution is -2.03. The van der Waals surface area contributed by atoms with Crippen molar-refractivity contribution in [1.82, 2.24) is 5.32 Å². The highest BCUT2D eigenvalue weighted by molar-refractivity contribution is 5.63. The third-order valence-electron chi connectivity index (χ3n) is 2.93. The van der Waals surface area contributed by atoms with Gasteiger partial charge in [0.1, 0.15) is 0 Å². The molecule has 0 aliphatic heterocycles. The number of hydrogen-bond acceptors (Lipinski definition) is 1. The smallest absolute Gasteiger partial charge is 0.0395 e. The first kappa shape index (κ1) is 12.4. The van der Waals surface area contributed by atoms with E-state index in [1.54, 1.807) is 0 Å². The molecular formula is C17H19N. The predicted molar refractivity (Wildman–Crippen MR) is 78.3 cm³/mol. The molecule has 0 amide bonds. The van der Waals surface area contributed by atoms with Gasteiger partial charge in [-0.3, -0.25) is 0 Å². The molecule has 2 aromatic carbocycles. The average Bonchev–Trinajstić information content (AvgIpc) is 2.41. The van der Waals surface area contributed by atoms with Gasteiger partial charge in [-0.2, -0.15) is 0 Å². The molecule has 0 saturated carbocycles. The van der Waals surface area contributed by atoms with Crippen molar-refractivity contribution in [2.75, 3.05) is 0 Å². The summed E-state index contributed by atoms with van der Waals surface area (Å²) in [4.78, 5) is 0. The molecule has 0 aliphatic carbocycles. The lowest BCUT2D eigenvalue weighted by Gasteiger charge is -2.05. The Hall–Kier alpha value is -2.02. The van der Waals surface area contributed by atoms with Crippen molar-refractivity contribution in [2.24, 2.45) is 0 Å². The van der Waals surface area contributed by atoms with Crippen molar-refractivity contribution in [3.05, 3.63) is 71.9 Å². The van der Waals surface area contributed by atoms with E-state index in [0.29, 0.717) is 0 Å². The van der Waals surface area contributed by atoms with Crippen LogP contribution in [0.2, 0.25) is 0 Å². The van der Waals surface area contributed by atoms with Gasteiger partial charge in [0.05, 0.1) is 0 Å². The minimum absolute atomic E-state index is 0.874. The van der Waals surface area contributed by atoms with Crippen LogP contribution in [0.1, 0.15) is 18.1 Å². The first-order valence-electron chi connectivity index (χ1n) is 6.30. The molecule has 18 heavy (non-hydrogen) atoms. The quantitative estimate of drug-likeness (QED) is 0.836. The van der Waals surface area contributed by atoms with Crippen molar-refractivity contribution in [3.8, 4) is 11.1 Å². The molecule has 0 unspecified atom stereocenters. The summed E-state index contributed by atoms with van der Waals surface area (Å²) in [7, 11) is 0. The van der Waals surface area contributed by atoms with E-state index in [1.807, 2.05) is 19.2 Å². The first-order chi connectivity index (χ1) is 8.79. The fourth-order valence-corrected chi connectivity index (χ4v) is 1.86. The predicted octanol–water partition coefficient (Wildman–Crippen LogP) is 4.29. The number of nitrogens with one attached hydrogen (secondary N) is 1. The standard InChI is InChI=1S/C17H19N/c1-3-12-18-13-15-6-10-17(11-7-15)16-8-4-14(2)5-9-16/h3-12,18H,13H2,1-2H3/b12-3+. The molecule has 92 valence electrons. The SMILES string of the molecule is C/C=C/NCc1ccc(-c2ccc(C)cc2)cc1. The summed E-state index contributed by atoms with van der Waals surface area (Å²) in [5.74, 6) is 0. The molecule has 1 heteroatoms. The fourth-order valence-electron chi connectivity index (χ4n) is 1.86. The zero-order chi connectivity index (χ0) is 12.8. The van der Waals surface area contributed by atoms with Crippen LogP contribution in [0.15, 0.2) is 60.8 Å². The van der Waals surface area contributed by atoms with Gasteiger partial charge in [-0.1, -0.05) is 60.2 Å². The Balaban J connectivity index is 2.09. The van der Waals surface area contributed by atoms with E-state index in [1.165, 1.54) is 22.3 Å². The normalized spacial score (nSPS) is 10.8. The lowest BCUT2D eigenvalue weighted by molar-refractivity contribution is 0.868. The van der Waals surface area contributed by atoms with Crippen LogP contribution >= 0.6 is 0 Å². The molecule has 0 saturated heterocycles. The molecule has 0 bridgehead atoms. The number of hydrogen-bond donors (Lipinski definition) is 1. The van der Waals surface area contributed by atoms with Crippen LogP contribution in [0.25, 0.3) is 11.1 Å². The molecule has 0 atom stereocenters. The Bertz CT molecular complexity index is 506. The summed E-state index contributed by atoms with van der Waals surface area (Å²) in [5, 5.41) is 3.24. The highest BCUT2D eigenvalue weighted by atomic mass is 14.8. The minimum Gasteiger partial charge on any atom is -0.387 e. The Morgan fingerprint density at radius 2 is 1.44 bits per heavy atom. The van der Waals surface area contributed by atoms with Crippen molar-refractivity contribution < 1.29 is 0 Å². The van der Waals surface area contributed by atoms with E-state index >= 15 is 0 Å². The van der Waals surface area contributed by atoms with Gasteiger partial charge < -0.3 is 5.32 Å². The zero-order valence-electron chi connectivity index (χ0n) is 11.0. The molecule has 0 spiro atoms. The largest absolute Gasteiger partial charge is 0.387 e. The van der Waals surface area contributed by atoms with Crippen molar-refractivity contribution in [3.63, 3.8) is 0 Å². The maximum atomic E-state index is 3.24. The van der Waals surface area contributed by atoms with Gasteiger partial charge in [0.25, 0.3) is 0 Å². The van der Waals surface area contributed by atoms with Crippen LogP contribution in [-0.2, 0) is 6.54 Å². The summed E-state index contributed by atoms with van der Waals surface area (Å²) < 4.78 is 0. The summed E-state index contributed by atoms with van der Waals surface area (Å²) >= 11 is 0. The van der Waals surface area contributed by atoms with Gasteiger partial charge in [-0.25, -0.2) is 0 Å². The van der Waals surface area contributed by atoms with Crippen LogP contribution in [0, 0.1) is 6.92 Å². The Labute approximate surface area is 109 Å². The second kappa shape index (κ2) is 6.06. The molecule has 1 N–H and O–H groups in total. The second-order valence-electron chi connectivity index (χ2n) is 4.44. The topological polar surface area (TPSA) is 12.0 Å². The van der Waals surface area contributed by atoms with Crippen LogP contribution in [0.5, 0.6) is 0 Å². The lowest BCUT2D eigenvalue weighted by atomic mass is 10.0. The molecule has 0 aromatic heterocycles. The fraction of sp³-hybridized carbons (Fsp3) is 0.176. The van der Waals surface area contributed by atoms with Gasteiger partial charge in [-0.05, 0) is 36.7 Å². The van der Waals surface area contributed by atoms with Crippen molar-refractivity contribution >= 4 is 0 Å². The maximum Gasteiger partial charge on any atom is 0.0395 e. The van der Waals surface area contributed by atoms with Crippen LogP contribution in [-0.4, -0.2) is 0 Å². The van der Waals surface area contributed by atoms with Gasteiger partial charge in [0.2, 0.25) is 0 Å². The number of allylic oxidation sites excluding steroid dienone is 1. The molecule has 0 aliphatic rings. The average molecular weight is 237 g/mol. The van der Waals surface area contributed by atoms with Crippen LogP contribution in [0.4, 0.5) is 0 Å².